The normalized spacial score (nSPS) is 20.3. The van der Waals surface area contributed by atoms with Crippen LogP contribution in [0.3, 0.4) is 0 Å². The van der Waals surface area contributed by atoms with E-state index in [1.165, 1.54) is 0 Å². The molecule has 0 bridgehead atoms. The number of hydrogen-bond donors (Lipinski definition) is 2. The number of pyridine rings is 1. The van der Waals surface area contributed by atoms with Gasteiger partial charge in [0.1, 0.15) is 0 Å². The van der Waals surface area contributed by atoms with E-state index < -0.39 is 12.2 Å². The minimum Gasteiger partial charge on any atom is -0.436 e. The van der Waals surface area contributed by atoms with Gasteiger partial charge in [-0.15, -0.1) is 0 Å². The van der Waals surface area contributed by atoms with Crippen molar-refractivity contribution in [2.45, 2.75) is 63.6 Å². The fraction of sp³-hybridized carbons (Fsp3) is 0.526. The summed E-state index contributed by atoms with van der Waals surface area (Å²) in [5, 5.41) is 7.39. The molecule has 0 saturated carbocycles. The maximum absolute atomic E-state index is 14.2. The van der Waals surface area contributed by atoms with Crippen LogP contribution in [0.2, 0.25) is 0 Å². The minimum atomic E-state index is -0.982. The standard InChI is InChI=1S/C38H49N7O5/c1-26-23-27(24-29-7-8-34(46)41(2)35(26)29)25-33(36(47)43-21-19-42(20-22-43)30-9-14-39-15-10-30)50-38(49)44-16-12-31(13-17-44)45-18-11-28-5-3-4-6-32(28)40-37(45)48/h3-8,23-24,30-31,33,39H,9-22,25H2,1-2H3,(H,40,48)/t33-/m1/s1. The van der Waals surface area contributed by atoms with E-state index in [0.29, 0.717) is 51.6 Å². The van der Waals surface area contributed by atoms with Crippen molar-refractivity contribution in [1.82, 2.24) is 29.5 Å². The number of nitrogens with one attached hydrogen (secondary N) is 2. The van der Waals surface area contributed by atoms with Crippen LogP contribution in [-0.2, 0) is 29.4 Å². The second-order valence-electron chi connectivity index (χ2n) is 14.2. The predicted molar refractivity (Wildman–Crippen MR) is 192 cm³/mol. The highest BCUT2D eigenvalue weighted by Crippen LogP contribution is 2.26. The van der Waals surface area contributed by atoms with Crippen LogP contribution >= 0.6 is 0 Å². The Balaban J connectivity index is 1.03. The maximum Gasteiger partial charge on any atom is 0.410 e. The lowest BCUT2D eigenvalue weighted by molar-refractivity contribution is -0.143. The highest BCUT2D eigenvalue weighted by molar-refractivity contribution is 5.91. The van der Waals surface area contributed by atoms with Crippen LogP contribution in [0, 0.1) is 6.92 Å². The molecule has 1 atom stereocenters. The summed E-state index contributed by atoms with van der Waals surface area (Å²) in [6.45, 7) is 8.34. The molecule has 50 heavy (non-hydrogen) atoms. The molecule has 4 amide bonds. The number of aryl methyl sites for hydroxylation is 2. The Hall–Kier alpha value is -4.42. The average Bonchev–Trinajstić information content (AvgIpc) is 3.31. The number of para-hydroxylation sites is 1. The van der Waals surface area contributed by atoms with Crippen LogP contribution in [0.5, 0.6) is 0 Å². The Kier molecular flexibility index (Phi) is 10.1. The topological polar surface area (TPSA) is 119 Å². The highest BCUT2D eigenvalue weighted by Gasteiger charge is 2.36. The van der Waals surface area contributed by atoms with Gasteiger partial charge in [0.2, 0.25) is 0 Å². The van der Waals surface area contributed by atoms with Crippen molar-refractivity contribution < 1.29 is 19.1 Å². The quantitative estimate of drug-likeness (QED) is 0.409. The summed E-state index contributed by atoms with van der Waals surface area (Å²) in [4.78, 5) is 61.3. The van der Waals surface area contributed by atoms with Gasteiger partial charge in [-0.05, 0) is 92.4 Å². The second-order valence-corrected chi connectivity index (χ2v) is 14.2. The van der Waals surface area contributed by atoms with Crippen molar-refractivity contribution in [1.29, 1.82) is 0 Å². The molecule has 3 aromatic rings. The van der Waals surface area contributed by atoms with Crippen molar-refractivity contribution in [3.63, 3.8) is 0 Å². The van der Waals surface area contributed by atoms with Gasteiger partial charge in [0.25, 0.3) is 11.5 Å². The Morgan fingerprint density at radius 1 is 0.860 bits per heavy atom. The van der Waals surface area contributed by atoms with Gasteiger partial charge in [0, 0.05) is 83.1 Å². The number of carbonyl (C=O) groups is 3. The number of anilines is 1. The summed E-state index contributed by atoms with van der Waals surface area (Å²) >= 11 is 0. The number of hydrogen-bond acceptors (Lipinski definition) is 7. The summed E-state index contributed by atoms with van der Waals surface area (Å²) in [5.74, 6) is -0.169. The number of urea groups is 1. The second kappa shape index (κ2) is 14.8. The van der Waals surface area contributed by atoms with Crippen LogP contribution in [0.15, 0.2) is 53.3 Å². The van der Waals surface area contributed by atoms with Gasteiger partial charge in [-0.25, -0.2) is 9.59 Å². The van der Waals surface area contributed by atoms with Crippen LogP contribution in [0.25, 0.3) is 10.9 Å². The summed E-state index contributed by atoms with van der Waals surface area (Å²) < 4.78 is 7.77. The van der Waals surface area contributed by atoms with Crippen LogP contribution in [-0.4, -0.2) is 119 Å². The van der Waals surface area contributed by atoms with Gasteiger partial charge in [-0.3, -0.25) is 14.5 Å². The molecule has 4 aliphatic rings. The number of piperazine rings is 1. The monoisotopic (exact) mass is 683 g/mol. The number of rotatable bonds is 6. The molecule has 0 unspecified atom stereocenters. The number of benzene rings is 2. The van der Waals surface area contributed by atoms with E-state index >= 15 is 0 Å². The molecule has 2 N–H and O–H groups in total. The van der Waals surface area contributed by atoms with E-state index in [-0.39, 0.29) is 30.0 Å². The molecular formula is C38H49N7O5. The summed E-state index contributed by atoms with van der Waals surface area (Å²) in [6, 6.07) is 15.7. The van der Waals surface area contributed by atoms with E-state index in [1.54, 1.807) is 22.6 Å². The van der Waals surface area contributed by atoms with E-state index in [9.17, 15) is 19.2 Å². The molecule has 3 saturated heterocycles. The molecule has 1 aromatic heterocycles. The molecule has 0 aliphatic carbocycles. The van der Waals surface area contributed by atoms with Crippen LogP contribution < -0.4 is 16.2 Å². The minimum absolute atomic E-state index is 0.0126. The lowest BCUT2D eigenvalue weighted by Crippen LogP contribution is -2.56. The SMILES string of the molecule is Cc1cc(C[C@@H](OC(=O)N2CCC(N3CCc4ccccc4NC3=O)CC2)C(=O)N2CCN(C3CCNCC3)CC2)cc2ccc(=O)n(C)c12. The van der Waals surface area contributed by atoms with Gasteiger partial charge in [0.15, 0.2) is 6.10 Å². The number of likely N-dealkylation sites (tertiary alicyclic amines) is 1. The molecule has 2 aromatic carbocycles. The van der Waals surface area contributed by atoms with Crippen molar-refractivity contribution in [2.24, 2.45) is 7.05 Å². The van der Waals surface area contributed by atoms with Gasteiger partial charge >= 0.3 is 12.1 Å². The highest BCUT2D eigenvalue weighted by atomic mass is 16.6. The maximum atomic E-state index is 14.2. The molecule has 0 radical (unpaired) electrons. The molecule has 5 heterocycles. The zero-order valence-electron chi connectivity index (χ0n) is 29.2. The molecule has 12 nitrogen and oxygen atoms in total. The molecule has 0 spiro atoms. The first-order valence-electron chi connectivity index (χ1n) is 18.2. The fourth-order valence-electron chi connectivity index (χ4n) is 8.34. The molecule has 12 heteroatoms. The van der Waals surface area contributed by atoms with E-state index in [1.807, 2.05) is 59.2 Å². The first-order valence-corrected chi connectivity index (χ1v) is 18.2. The first kappa shape index (κ1) is 34.0. The third-order valence-electron chi connectivity index (χ3n) is 11.2. The average molecular weight is 684 g/mol. The lowest BCUT2D eigenvalue weighted by atomic mass is 10.00. The third kappa shape index (κ3) is 7.22. The summed E-state index contributed by atoms with van der Waals surface area (Å²) in [7, 11) is 1.76. The summed E-state index contributed by atoms with van der Waals surface area (Å²) in [5.41, 5.74) is 4.55. The molecule has 7 rings (SSSR count). The van der Waals surface area contributed by atoms with Crippen molar-refractivity contribution >= 4 is 34.6 Å². The number of carbonyl (C=O) groups excluding carboxylic acids is 3. The Morgan fingerprint density at radius 3 is 2.36 bits per heavy atom. The number of ether oxygens (including phenoxy) is 1. The zero-order valence-corrected chi connectivity index (χ0v) is 29.2. The van der Waals surface area contributed by atoms with Crippen molar-refractivity contribution in [3.8, 4) is 0 Å². The van der Waals surface area contributed by atoms with E-state index in [0.717, 1.165) is 78.7 Å². The van der Waals surface area contributed by atoms with E-state index in [2.05, 4.69) is 15.5 Å². The van der Waals surface area contributed by atoms with Crippen molar-refractivity contribution in [2.75, 3.05) is 64.2 Å². The Morgan fingerprint density at radius 2 is 1.60 bits per heavy atom. The Labute approximate surface area is 293 Å². The number of aromatic nitrogens is 1. The molecule has 266 valence electrons. The smallest absolute Gasteiger partial charge is 0.410 e. The molecule has 4 aliphatic heterocycles. The largest absolute Gasteiger partial charge is 0.436 e. The lowest BCUT2D eigenvalue weighted by Gasteiger charge is -2.41. The van der Waals surface area contributed by atoms with Crippen LogP contribution in [0.1, 0.15) is 42.4 Å². The predicted octanol–water partition coefficient (Wildman–Crippen LogP) is 3.35. The molecule has 3 fully saturated rings. The summed E-state index contributed by atoms with van der Waals surface area (Å²) in [6.07, 6.45) is 3.05. The van der Waals surface area contributed by atoms with Crippen molar-refractivity contribution in [3.05, 3.63) is 75.6 Å². The van der Waals surface area contributed by atoms with Gasteiger partial charge in [-0.2, -0.15) is 0 Å². The third-order valence-corrected chi connectivity index (χ3v) is 11.2. The number of nitrogens with zero attached hydrogens (tertiary/aromatic N) is 5. The first-order chi connectivity index (χ1) is 24.2. The number of fused-ring (bicyclic) bond motifs is 2. The number of piperidine rings is 2. The van der Waals surface area contributed by atoms with Gasteiger partial charge in [0.05, 0.1) is 5.52 Å². The van der Waals surface area contributed by atoms with Gasteiger partial charge < -0.3 is 34.6 Å². The van der Waals surface area contributed by atoms with Gasteiger partial charge in [-0.1, -0.05) is 24.3 Å². The number of amides is 4. The fourth-order valence-corrected chi connectivity index (χ4v) is 8.34. The van der Waals surface area contributed by atoms with Crippen LogP contribution in [0.4, 0.5) is 15.3 Å². The Bertz CT molecular complexity index is 1790. The van der Waals surface area contributed by atoms with E-state index in [4.69, 9.17) is 4.74 Å². The zero-order chi connectivity index (χ0) is 34.8. The molecular weight excluding hydrogens is 634 g/mol.